The molecule has 4 heteroatoms. The third kappa shape index (κ3) is 5.01. The van der Waals surface area contributed by atoms with Gasteiger partial charge in [-0.2, -0.15) is 0 Å². The van der Waals surface area contributed by atoms with Crippen LogP contribution in [0.15, 0.2) is 48.8 Å². The van der Waals surface area contributed by atoms with Gasteiger partial charge in [-0.3, -0.25) is 4.79 Å². The molecular formula is C26H42O3Si. The molecule has 2 fully saturated rings. The Morgan fingerprint density at radius 1 is 1.23 bits per heavy atom. The molecule has 2 bridgehead atoms. The molecule has 0 aromatic carbocycles. The number of carbonyl (C=O) groups excluding carboxylic acids is 1. The largest absolute Gasteiger partial charge is 0.544 e. The highest BCUT2D eigenvalue weighted by Crippen LogP contribution is 2.61. The van der Waals surface area contributed by atoms with Gasteiger partial charge in [-0.05, 0) is 74.7 Å². The smallest absolute Gasteiger partial charge is 0.302 e. The predicted octanol–water partition coefficient (Wildman–Crippen LogP) is 7.34. The fraction of sp³-hybridized carbons (Fsp3) is 0.654. The summed E-state index contributed by atoms with van der Waals surface area (Å²) in [7, 11) is -1.78. The summed E-state index contributed by atoms with van der Waals surface area (Å²) >= 11 is 0. The second kappa shape index (κ2) is 10.2. The fourth-order valence-electron chi connectivity index (χ4n) is 5.88. The molecule has 0 amide bonds. The molecular weight excluding hydrogens is 388 g/mol. The molecule has 0 saturated heterocycles. The minimum absolute atomic E-state index is 0.102. The molecule has 2 saturated carbocycles. The number of fused-ring (bicyclic) bond motifs is 2. The maximum absolute atomic E-state index is 12.1. The van der Waals surface area contributed by atoms with Crippen LogP contribution in [0.4, 0.5) is 0 Å². The first-order valence-corrected chi connectivity index (χ1v) is 14.2. The van der Waals surface area contributed by atoms with Crippen LogP contribution in [0.25, 0.3) is 0 Å². The van der Waals surface area contributed by atoms with Crippen LogP contribution in [0, 0.1) is 17.3 Å². The highest BCUT2D eigenvalue weighted by molar-refractivity contribution is 6.73. The Hall–Kier alpha value is -1.55. The van der Waals surface area contributed by atoms with Gasteiger partial charge in [0.1, 0.15) is 6.10 Å². The summed E-state index contributed by atoms with van der Waals surface area (Å²) < 4.78 is 12.6. The van der Waals surface area contributed by atoms with Gasteiger partial charge in [0.25, 0.3) is 0 Å². The topological polar surface area (TPSA) is 35.5 Å². The third-order valence-corrected chi connectivity index (χ3v) is 12.3. The Labute approximate surface area is 185 Å². The molecule has 0 aromatic heterocycles. The van der Waals surface area contributed by atoms with Crippen molar-refractivity contribution in [3.05, 3.63) is 48.8 Å². The normalized spacial score (nSPS) is 27.5. The minimum Gasteiger partial charge on any atom is -0.544 e. The number of allylic oxidation sites excluding steroid dienone is 3. The molecule has 1 unspecified atom stereocenters. The summed E-state index contributed by atoms with van der Waals surface area (Å²) in [5, 5.41) is 0. The second-order valence-corrected chi connectivity index (χ2v) is 14.1. The summed E-state index contributed by atoms with van der Waals surface area (Å²) in [4.78, 5) is 12.1. The van der Waals surface area contributed by atoms with Crippen LogP contribution in [0.3, 0.4) is 0 Å². The molecule has 0 spiro atoms. The van der Waals surface area contributed by atoms with Gasteiger partial charge in [-0.25, -0.2) is 0 Å². The monoisotopic (exact) mass is 430 g/mol. The third-order valence-electron chi connectivity index (χ3n) is 7.80. The van der Waals surface area contributed by atoms with Crippen LogP contribution < -0.4 is 0 Å². The van der Waals surface area contributed by atoms with Crippen molar-refractivity contribution in [2.75, 3.05) is 0 Å². The first kappa shape index (κ1) is 24.7. The van der Waals surface area contributed by atoms with Crippen molar-refractivity contribution in [2.24, 2.45) is 17.3 Å². The van der Waals surface area contributed by atoms with E-state index in [2.05, 4.69) is 53.5 Å². The summed E-state index contributed by atoms with van der Waals surface area (Å²) in [6.07, 6.45) is 8.60. The summed E-state index contributed by atoms with van der Waals surface area (Å²) in [6.45, 7) is 23.0. The van der Waals surface area contributed by atoms with E-state index < -0.39 is 8.32 Å². The summed E-state index contributed by atoms with van der Waals surface area (Å²) in [6, 6.07) is 3.26. The molecule has 3 nitrogen and oxygen atoms in total. The molecule has 4 atom stereocenters. The van der Waals surface area contributed by atoms with Gasteiger partial charge in [0.15, 0.2) is 0 Å². The highest BCUT2D eigenvalue weighted by Gasteiger charge is 2.55. The number of hydrogen-bond acceptors (Lipinski definition) is 3. The van der Waals surface area contributed by atoms with E-state index in [1.54, 1.807) is 0 Å². The van der Waals surface area contributed by atoms with Crippen molar-refractivity contribution in [1.29, 1.82) is 0 Å². The number of carbonyl (C=O) groups is 1. The lowest BCUT2D eigenvalue weighted by molar-refractivity contribution is -0.157. The van der Waals surface area contributed by atoms with Gasteiger partial charge >= 0.3 is 5.97 Å². The van der Waals surface area contributed by atoms with Crippen LogP contribution in [0.5, 0.6) is 0 Å². The van der Waals surface area contributed by atoms with Gasteiger partial charge in [0, 0.05) is 18.8 Å². The maximum Gasteiger partial charge on any atom is 0.302 e. The summed E-state index contributed by atoms with van der Waals surface area (Å²) in [5.41, 5.74) is 2.41. The quantitative estimate of drug-likeness (QED) is 0.113. The molecule has 0 aromatic rings. The molecule has 0 heterocycles. The van der Waals surface area contributed by atoms with Crippen molar-refractivity contribution in [2.45, 2.75) is 91.0 Å². The number of esters is 1. The van der Waals surface area contributed by atoms with Gasteiger partial charge < -0.3 is 9.16 Å². The molecule has 168 valence electrons. The van der Waals surface area contributed by atoms with Crippen LogP contribution in [0.2, 0.25) is 18.1 Å². The first-order valence-electron chi connectivity index (χ1n) is 11.7. The highest BCUT2D eigenvalue weighted by atomic mass is 28.4. The zero-order valence-corrected chi connectivity index (χ0v) is 20.9. The van der Waals surface area contributed by atoms with E-state index in [4.69, 9.17) is 9.16 Å². The Bertz CT molecular complexity index is 695. The number of rotatable bonds is 11. The van der Waals surface area contributed by atoms with E-state index in [-0.39, 0.29) is 17.5 Å². The van der Waals surface area contributed by atoms with E-state index >= 15 is 0 Å². The van der Waals surface area contributed by atoms with Gasteiger partial charge in [-0.1, -0.05) is 51.7 Å². The van der Waals surface area contributed by atoms with Gasteiger partial charge in [0.05, 0.1) is 5.76 Å². The van der Waals surface area contributed by atoms with Crippen LogP contribution in [-0.4, -0.2) is 20.4 Å². The molecule has 0 N–H and O–H groups in total. The Morgan fingerprint density at radius 2 is 1.87 bits per heavy atom. The molecule has 0 aliphatic heterocycles. The van der Waals surface area contributed by atoms with Crippen molar-refractivity contribution in [3.63, 3.8) is 0 Å². The van der Waals surface area contributed by atoms with Crippen molar-refractivity contribution in [3.8, 4) is 0 Å². The average molecular weight is 431 g/mol. The van der Waals surface area contributed by atoms with E-state index in [0.29, 0.717) is 18.3 Å². The molecule has 0 radical (unpaired) electrons. The molecule has 2 rings (SSSR count). The van der Waals surface area contributed by atoms with Crippen LogP contribution >= 0.6 is 0 Å². The molecule has 2 aliphatic carbocycles. The lowest BCUT2D eigenvalue weighted by atomic mass is 9.61. The fourth-order valence-corrected chi connectivity index (χ4v) is 8.48. The van der Waals surface area contributed by atoms with Gasteiger partial charge in [0.2, 0.25) is 8.32 Å². The van der Waals surface area contributed by atoms with E-state index in [1.807, 2.05) is 6.08 Å². The van der Waals surface area contributed by atoms with Crippen molar-refractivity contribution < 1.29 is 14.0 Å². The zero-order valence-electron chi connectivity index (χ0n) is 19.9. The average Bonchev–Trinajstić information content (AvgIpc) is 2.97. The lowest BCUT2D eigenvalue weighted by Crippen LogP contribution is -2.44. The molecule has 2 aliphatic rings. The van der Waals surface area contributed by atoms with Crippen molar-refractivity contribution in [1.82, 2.24) is 0 Å². The number of hydrogen-bond donors (Lipinski definition) is 0. The maximum atomic E-state index is 12.1. The minimum atomic E-state index is -1.78. The first-order chi connectivity index (χ1) is 14.2. The summed E-state index contributed by atoms with van der Waals surface area (Å²) in [5.74, 6) is 1.52. The van der Waals surface area contributed by atoms with E-state index in [1.165, 1.54) is 24.5 Å². The molecule has 30 heavy (non-hydrogen) atoms. The van der Waals surface area contributed by atoms with Crippen molar-refractivity contribution >= 4 is 14.3 Å². The lowest BCUT2D eigenvalue weighted by Gasteiger charge is -2.46. The second-order valence-electron chi connectivity index (χ2n) is 9.44. The van der Waals surface area contributed by atoms with E-state index in [0.717, 1.165) is 43.2 Å². The zero-order chi connectivity index (χ0) is 22.5. The van der Waals surface area contributed by atoms with Crippen LogP contribution in [-0.2, 0) is 14.0 Å². The Balaban J connectivity index is 2.36. The predicted molar refractivity (Wildman–Crippen MR) is 129 cm³/mol. The Kier molecular flexibility index (Phi) is 8.38. The van der Waals surface area contributed by atoms with Gasteiger partial charge in [-0.15, -0.1) is 0 Å². The standard InChI is InChI=1S/C26H42O3Si/c1-9-23(29-30(10-2,11-3)12-4)14-16-25(28-21(8)27)26-17-20(7)22(18-26)13-15-24(26)19(5)6/h9,14,22,24-25H,1,5,7,10-13,15-18H2,2-4,6,8H3/b23-14-/t22-,24+,25?,26+/m1/s1. The SMILES string of the molecule is C=C/C(=C/CC(OC(C)=O)[C@]12CC(=C)[C@H](CC[C@H]1C(=C)C)C2)O[Si](CC)(CC)CC. The van der Waals surface area contributed by atoms with Crippen LogP contribution in [0.1, 0.15) is 66.7 Å². The number of ether oxygens (including phenoxy) is 1. The Morgan fingerprint density at radius 3 is 2.37 bits per heavy atom. The van der Waals surface area contributed by atoms with E-state index in [9.17, 15) is 4.79 Å².